The number of rotatable bonds is 7. The Labute approximate surface area is 171 Å². The fraction of sp³-hybridized carbons (Fsp3) is 0.238. The summed E-state index contributed by atoms with van der Waals surface area (Å²) in [7, 11) is 0. The van der Waals surface area contributed by atoms with Crippen LogP contribution in [-0.2, 0) is 16.0 Å². The number of amides is 2. The molecule has 1 aliphatic rings. The first-order valence-corrected chi connectivity index (χ1v) is 9.98. The summed E-state index contributed by atoms with van der Waals surface area (Å²) in [5.41, 5.74) is 0.0302. The first kappa shape index (κ1) is 18.9. The van der Waals surface area contributed by atoms with Crippen molar-refractivity contribution in [2.75, 3.05) is 6.54 Å². The lowest BCUT2D eigenvalue weighted by Crippen LogP contribution is -2.43. The minimum absolute atomic E-state index is 0.0882. The Morgan fingerprint density at radius 2 is 1.93 bits per heavy atom. The number of carbonyl (C=O) groups excluding carboxylic acids is 2. The zero-order valence-electron chi connectivity index (χ0n) is 15.5. The van der Waals surface area contributed by atoms with Crippen molar-refractivity contribution in [3.63, 3.8) is 0 Å². The van der Waals surface area contributed by atoms with Gasteiger partial charge in [-0.2, -0.15) is 5.26 Å². The van der Waals surface area contributed by atoms with Crippen LogP contribution in [-0.4, -0.2) is 28.9 Å². The van der Waals surface area contributed by atoms with Crippen LogP contribution < -0.4 is 15.4 Å². The van der Waals surface area contributed by atoms with Gasteiger partial charge in [-0.15, -0.1) is 11.3 Å². The summed E-state index contributed by atoms with van der Waals surface area (Å²) in [6, 6.07) is 17.2. The van der Waals surface area contributed by atoms with Crippen molar-refractivity contribution >= 4 is 33.4 Å². The molecule has 0 bridgehead atoms. The van der Waals surface area contributed by atoms with E-state index in [-0.39, 0.29) is 24.8 Å². The summed E-state index contributed by atoms with van der Waals surface area (Å²) in [6.07, 6.45) is 1.40. The third kappa shape index (κ3) is 4.70. The molecule has 1 aliphatic carbocycles. The standard InChI is InChI=1S/C21H18N4O3S/c22-13-21(8-9-21)25-19(27)12-23-18(26)11-20-24-16-10-15(6-7-17(16)29-20)28-14-4-2-1-3-5-14/h1-7,10H,8-9,11-12H2,(H,23,26)(H,25,27). The van der Waals surface area contributed by atoms with Gasteiger partial charge in [-0.05, 0) is 37.1 Å². The monoisotopic (exact) mass is 406 g/mol. The Morgan fingerprint density at radius 1 is 1.14 bits per heavy atom. The van der Waals surface area contributed by atoms with Gasteiger partial charge < -0.3 is 15.4 Å². The number of fused-ring (bicyclic) bond motifs is 1. The lowest BCUT2D eigenvalue weighted by molar-refractivity contribution is -0.126. The molecule has 146 valence electrons. The maximum Gasteiger partial charge on any atom is 0.240 e. The van der Waals surface area contributed by atoms with Crippen LogP contribution in [0.3, 0.4) is 0 Å². The number of nitrogens with one attached hydrogen (secondary N) is 2. The SMILES string of the molecule is N#CC1(NC(=O)CNC(=O)Cc2nc3cc(Oc4ccccc4)ccc3s2)CC1. The third-order valence-electron chi connectivity index (χ3n) is 4.48. The summed E-state index contributed by atoms with van der Waals surface area (Å²) >= 11 is 1.43. The van der Waals surface area contributed by atoms with Gasteiger partial charge in [-0.3, -0.25) is 9.59 Å². The Kier molecular flexibility index (Phi) is 5.14. The lowest BCUT2D eigenvalue weighted by atomic mass is 10.3. The number of benzene rings is 2. The summed E-state index contributed by atoms with van der Waals surface area (Å²) in [5, 5.41) is 14.9. The highest BCUT2D eigenvalue weighted by molar-refractivity contribution is 7.18. The van der Waals surface area contributed by atoms with Gasteiger partial charge in [0.1, 0.15) is 22.0 Å². The van der Waals surface area contributed by atoms with Gasteiger partial charge in [-0.1, -0.05) is 18.2 Å². The summed E-state index contributed by atoms with van der Waals surface area (Å²) < 4.78 is 6.77. The number of nitriles is 1. The Morgan fingerprint density at radius 3 is 2.66 bits per heavy atom. The second kappa shape index (κ2) is 7.89. The van der Waals surface area contributed by atoms with Crippen molar-refractivity contribution in [1.82, 2.24) is 15.6 Å². The van der Waals surface area contributed by atoms with Crippen LogP contribution in [0.1, 0.15) is 17.8 Å². The van der Waals surface area contributed by atoms with Crippen LogP contribution in [0, 0.1) is 11.3 Å². The van der Waals surface area contributed by atoms with Crippen molar-refractivity contribution in [2.45, 2.75) is 24.8 Å². The van der Waals surface area contributed by atoms with Crippen molar-refractivity contribution < 1.29 is 14.3 Å². The van der Waals surface area contributed by atoms with E-state index in [1.807, 2.05) is 48.5 Å². The highest BCUT2D eigenvalue weighted by atomic mass is 32.1. The molecule has 2 amide bonds. The molecule has 1 heterocycles. The van der Waals surface area contributed by atoms with Gasteiger partial charge in [0.2, 0.25) is 11.8 Å². The minimum atomic E-state index is -0.728. The summed E-state index contributed by atoms with van der Waals surface area (Å²) in [4.78, 5) is 28.5. The lowest BCUT2D eigenvalue weighted by Gasteiger charge is -2.09. The zero-order valence-corrected chi connectivity index (χ0v) is 16.3. The second-order valence-electron chi connectivity index (χ2n) is 6.85. The normalized spacial score (nSPS) is 14.0. The maximum absolute atomic E-state index is 12.1. The number of hydrogen-bond acceptors (Lipinski definition) is 6. The number of ether oxygens (including phenoxy) is 1. The van der Waals surface area contributed by atoms with Gasteiger partial charge in [0.05, 0.1) is 29.3 Å². The average Bonchev–Trinajstić information content (AvgIpc) is 3.38. The minimum Gasteiger partial charge on any atom is -0.457 e. The zero-order chi connectivity index (χ0) is 20.3. The van der Waals surface area contributed by atoms with E-state index in [4.69, 9.17) is 10.00 Å². The fourth-order valence-corrected chi connectivity index (χ4v) is 3.74. The molecule has 1 aromatic heterocycles. The molecule has 3 aromatic rings. The van der Waals surface area contributed by atoms with E-state index in [0.29, 0.717) is 23.6 Å². The first-order chi connectivity index (χ1) is 14.0. The Balaban J connectivity index is 1.33. The fourth-order valence-electron chi connectivity index (χ4n) is 2.80. The van der Waals surface area contributed by atoms with Gasteiger partial charge in [0.15, 0.2) is 0 Å². The van der Waals surface area contributed by atoms with Crippen LogP contribution >= 0.6 is 11.3 Å². The number of hydrogen-bond donors (Lipinski definition) is 2. The van der Waals surface area contributed by atoms with Crippen LogP contribution in [0.2, 0.25) is 0 Å². The molecule has 2 N–H and O–H groups in total. The molecule has 7 nitrogen and oxygen atoms in total. The molecule has 4 rings (SSSR count). The smallest absolute Gasteiger partial charge is 0.240 e. The molecule has 0 atom stereocenters. The molecule has 29 heavy (non-hydrogen) atoms. The van der Waals surface area contributed by atoms with E-state index in [2.05, 4.69) is 21.7 Å². The number of carbonyl (C=O) groups is 2. The maximum atomic E-state index is 12.1. The Hall–Kier alpha value is -3.44. The van der Waals surface area contributed by atoms with Gasteiger partial charge >= 0.3 is 0 Å². The van der Waals surface area contributed by atoms with Crippen molar-refractivity contribution in [3.05, 3.63) is 53.5 Å². The van der Waals surface area contributed by atoms with Gasteiger partial charge in [0.25, 0.3) is 0 Å². The van der Waals surface area contributed by atoms with E-state index >= 15 is 0 Å². The quantitative estimate of drug-likeness (QED) is 0.628. The molecule has 0 aliphatic heterocycles. The molecule has 1 fully saturated rings. The summed E-state index contributed by atoms with van der Waals surface area (Å²) in [5.74, 6) is 0.767. The van der Waals surface area contributed by atoms with Crippen LogP contribution in [0.5, 0.6) is 11.5 Å². The molecule has 8 heteroatoms. The van der Waals surface area contributed by atoms with E-state index in [0.717, 1.165) is 16.0 Å². The van der Waals surface area contributed by atoms with Crippen molar-refractivity contribution in [3.8, 4) is 17.6 Å². The van der Waals surface area contributed by atoms with E-state index in [9.17, 15) is 9.59 Å². The second-order valence-corrected chi connectivity index (χ2v) is 7.96. The molecule has 0 unspecified atom stereocenters. The van der Waals surface area contributed by atoms with Gasteiger partial charge in [-0.25, -0.2) is 4.98 Å². The van der Waals surface area contributed by atoms with E-state index in [1.54, 1.807) is 0 Å². The molecular formula is C21H18N4O3S. The molecular weight excluding hydrogens is 388 g/mol. The molecule has 2 aromatic carbocycles. The Bertz CT molecular complexity index is 1100. The predicted molar refractivity (Wildman–Crippen MR) is 109 cm³/mol. The average molecular weight is 406 g/mol. The van der Waals surface area contributed by atoms with Crippen LogP contribution in [0.25, 0.3) is 10.2 Å². The topological polar surface area (TPSA) is 104 Å². The third-order valence-corrected chi connectivity index (χ3v) is 5.52. The number of nitrogens with zero attached hydrogens (tertiary/aromatic N) is 2. The first-order valence-electron chi connectivity index (χ1n) is 9.17. The molecule has 1 saturated carbocycles. The highest BCUT2D eigenvalue weighted by Crippen LogP contribution is 2.34. The number of para-hydroxylation sites is 1. The van der Waals surface area contributed by atoms with E-state index < -0.39 is 5.54 Å². The van der Waals surface area contributed by atoms with Crippen molar-refractivity contribution in [2.24, 2.45) is 0 Å². The van der Waals surface area contributed by atoms with E-state index in [1.165, 1.54) is 11.3 Å². The molecule has 0 spiro atoms. The molecule has 0 saturated heterocycles. The number of aromatic nitrogens is 1. The number of thiazole rings is 1. The van der Waals surface area contributed by atoms with Crippen LogP contribution in [0.15, 0.2) is 48.5 Å². The molecule has 0 radical (unpaired) electrons. The largest absolute Gasteiger partial charge is 0.457 e. The van der Waals surface area contributed by atoms with Gasteiger partial charge in [0, 0.05) is 6.07 Å². The van der Waals surface area contributed by atoms with Crippen molar-refractivity contribution in [1.29, 1.82) is 5.26 Å². The predicted octanol–water partition coefficient (Wildman–Crippen LogP) is 2.92. The van der Waals surface area contributed by atoms with Crippen LogP contribution in [0.4, 0.5) is 0 Å². The highest BCUT2D eigenvalue weighted by Gasteiger charge is 2.44. The summed E-state index contributed by atoms with van der Waals surface area (Å²) in [6.45, 7) is -0.151.